The van der Waals surface area contributed by atoms with Gasteiger partial charge in [0, 0.05) is 40.7 Å². The summed E-state index contributed by atoms with van der Waals surface area (Å²) in [6, 6.07) is 11.9. The van der Waals surface area contributed by atoms with Gasteiger partial charge in [0.25, 0.3) is 0 Å². The van der Waals surface area contributed by atoms with Crippen LogP contribution in [0.25, 0.3) is 12.2 Å². The highest BCUT2D eigenvalue weighted by Crippen LogP contribution is 2.24. The van der Waals surface area contributed by atoms with E-state index in [1.54, 1.807) is 0 Å². The third-order valence-corrected chi connectivity index (χ3v) is 5.17. The molecule has 0 aliphatic carbocycles. The molecular weight excluding hydrogens is 407 g/mol. The Kier molecular flexibility index (Phi) is 6.37. The van der Waals surface area contributed by atoms with Crippen LogP contribution in [0.4, 0.5) is 0 Å². The molecule has 126 valence electrons. The first-order valence-corrected chi connectivity index (χ1v) is 9.49. The number of hydrogen-bond acceptors (Lipinski definition) is 2. The van der Waals surface area contributed by atoms with E-state index in [1.807, 2.05) is 30.3 Å². The van der Waals surface area contributed by atoms with Crippen LogP contribution >= 0.6 is 39.1 Å². The summed E-state index contributed by atoms with van der Waals surface area (Å²) in [5.74, 6) is 0.755. The molecule has 0 amide bonds. The zero-order valence-corrected chi connectivity index (χ0v) is 16.3. The molecular formula is C19H19BrCl2N2. The van der Waals surface area contributed by atoms with Crippen molar-refractivity contribution in [2.75, 3.05) is 19.6 Å². The highest BCUT2D eigenvalue weighted by Gasteiger charge is 2.15. The molecule has 1 fully saturated rings. The van der Waals surface area contributed by atoms with Gasteiger partial charge in [0.2, 0.25) is 0 Å². The van der Waals surface area contributed by atoms with E-state index in [2.05, 4.69) is 44.8 Å². The first-order valence-electron chi connectivity index (χ1n) is 7.94. The maximum absolute atomic E-state index is 6.27. The van der Waals surface area contributed by atoms with Gasteiger partial charge >= 0.3 is 0 Å². The van der Waals surface area contributed by atoms with Crippen LogP contribution in [0.2, 0.25) is 10.0 Å². The highest BCUT2D eigenvalue weighted by atomic mass is 79.9. The number of rotatable bonds is 6. The second kappa shape index (κ2) is 8.50. The van der Waals surface area contributed by atoms with Gasteiger partial charge in [-0.05, 0) is 46.9 Å². The van der Waals surface area contributed by atoms with E-state index in [4.69, 9.17) is 23.2 Å². The van der Waals surface area contributed by atoms with Crippen molar-refractivity contribution in [3.8, 4) is 0 Å². The van der Waals surface area contributed by atoms with Crippen LogP contribution in [0.15, 0.2) is 40.9 Å². The van der Waals surface area contributed by atoms with E-state index < -0.39 is 0 Å². The molecule has 2 nitrogen and oxygen atoms in total. The lowest BCUT2D eigenvalue weighted by Crippen LogP contribution is -2.47. The average molecular weight is 426 g/mol. The van der Waals surface area contributed by atoms with Crippen molar-refractivity contribution in [3.63, 3.8) is 0 Å². The zero-order chi connectivity index (χ0) is 16.9. The molecule has 0 atom stereocenters. The van der Waals surface area contributed by atoms with Crippen molar-refractivity contribution in [1.29, 1.82) is 0 Å². The van der Waals surface area contributed by atoms with Crippen molar-refractivity contribution in [2.24, 2.45) is 5.92 Å². The van der Waals surface area contributed by atoms with Crippen LogP contribution in [0, 0.1) is 5.92 Å². The van der Waals surface area contributed by atoms with Gasteiger partial charge in [-0.25, -0.2) is 0 Å². The van der Waals surface area contributed by atoms with Gasteiger partial charge < -0.3 is 10.6 Å². The maximum Gasteiger partial charge on any atom is 0.0417 e. The maximum atomic E-state index is 6.27. The van der Waals surface area contributed by atoms with Gasteiger partial charge in [0.1, 0.15) is 0 Å². The summed E-state index contributed by atoms with van der Waals surface area (Å²) >= 11 is 15.8. The quantitative estimate of drug-likeness (QED) is 0.618. The Morgan fingerprint density at radius 2 is 1.92 bits per heavy atom. The fraction of sp³-hybridized carbons (Fsp3) is 0.263. The molecule has 1 saturated heterocycles. The van der Waals surface area contributed by atoms with Crippen LogP contribution in [0.5, 0.6) is 0 Å². The minimum Gasteiger partial charge on any atom is -0.316 e. The normalized spacial score (nSPS) is 15.0. The molecule has 0 aromatic heterocycles. The predicted molar refractivity (Wildman–Crippen MR) is 108 cm³/mol. The van der Waals surface area contributed by atoms with E-state index in [0.717, 1.165) is 57.7 Å². The molecule has 0 unspecified atom stereocenters. The van der Waals surface area contributed by atoms with Crippen LogP contribution in [0.1, 0.15) is 16.7 Å². The lowest BCUT2D eigenvalue weighted by molar-refractivity contribution is 0.331. The second-order valence-corrected chi connectivity index (χ2v) is 7.77. The smallest absolute Gasteiger partial charge is 0.0417 e. The second-order valence-electron chi connectivity index (χ2n) is 6.05. The van der Waals surface area contributed by atoms with E-state index in [1.165, 1.54) is 5.56 Å². The standard InChI is InChI=1S/C19H19BrCl2N2/c20-19-8-17(21)4-3-16(19)2-1-13-5-14(7-18(22)6-13)9-23-10-15-11-24-12-15/h1-8,15,23-24H,9-12H2/b2-1+. The third kappa shape index (κ3) is 5.08. The van der Waals surface area contributed by atoms with Crippen LogP contribution in [-0.2, 0) is 6.54 Å². The summed E-state index contributed by atoms with van der Waals surface area (Å²) in [6.07, 6.45) is 4.13. The molecule has 1 heterocycles. The monoisotopic (exact) mass is 424 g/mol. The lowest BCUT2D eigenvalue weighted by atomic mass is 10.0. The lowest BCUT2D eigenvalue weighted by Gasteiger charge is -2.27. The topological polar surface area (TPSA) is 24.1 Å². The first kappa shape index (κ1) is 18.0. The molecule has 2 N–H and O–H groups in total. The Balaban J connectivity index is 1.67. The van der Waals surface area contributed by atoms with Gasteiger partial charge in [-0.2, -0.15) is 0 Å². The predicted octanol–water partition coefficient (Wildman–Crippen LogP) is 5.24. The minimum absolute atomic E-state index is 0.719. The molecule has 2 aromatic carbocycles. The molecule has 5 heteroatoms. The number of halogens is 3. The number of nitrogens with one attached hydrogen (secondary N) is 2. The van der Waals surface area contributed by atoms with Gasteiger partial charge in [-0.3, -0.25) is 0 Å². The van der Waals surface area contributed by atoms with Crippen LogP contribution in [-0.4, -0.2) is 19.6 Å². The zero-order valence-electron chi connectivity index (χ0n) is 13.2. The van der Waals surface area contributed by atoms with Gasteiger partial charge in [-0.15, -0.1) is 0 Å². The largest absolute Gasteiger partial charge is 0.316 e. The molecule has 3 rings (SSSR count). The summed E-state index contributed by atoms with van der Waals surface area (Å²) < 4.78 is 0.976. The average Bonchev–Trinajstić information content (AvgIpc) is 2.48. The van der Waals surface area contributed by atoms with Crippen molar-refractivity contribution in [1.82, 2.24) is 10.6 Å². The first-order chi connectivity index (χ1) is 11.6. The summed E-state index contributed by atoms with van der Waals surface area (Å²) in [5, 5.41) is 8.27. The van der Waals surface area contributed by atoms with Crippen LogP contribution < -0.4 is 10.6 Å². The Hall–Kier alpha value is -0.840. The van der Waals surface area contributed by atoms with Gasteiger partial charge in [0.05, 0.1) is 0 Å². The van der Waals surface area contributed by atoms with E-state index in [9.17, 15) is 0 Å². The summed E-state index contributed by atoms with van der Waals surface area (Å²) in [4.78, 5) is 0. The van der Waals surface area contributed by atoms with Crippen molar-refractivity contribution in [3.05, 3.63) is 67.6 Å². The number of benzene rings is 2. The molecule has 1 aliphatic rings. The Morgan fingerprint density at radius 1 is 1.08 bits per heavy atom. The summed E-state index contributed by atoms with van der Waals surface area (Å²) in [7, 11) is 0. The van der Waals surface area contributed by atoms with E-state index in [-0.39, 0.29) is 0 Å². The van der Waals surface area contributed by atoms with Crippen molar-refractivity contribution >= 4 is 51.3 Å². The minimum atomic E-state index is 0.719. The fourth-order valence-corrected chi connectivity index (χ4v) is 3.69. The molecule has 2 aromatic rings. The molecule has 24 heavy (non-hydrogen) atoms. The number of hydrogen-bond donors (Lipinski definition) is 2. The highest BCUT2D eigenvalue weighted by molar-refractivity contribution is 9.10. The summed E-state index contributed by atoms with van der Waals surface area (Å²) in [6.45, 7) is 4.12. The van der Waals surface area contributed by atoms with Gasteiger partial charge in [0.15, 0.2) is 0 Å². The Bertz CT molecular complexity index is 742. The Morgan fingerprint density at radius 3 is 2.62 bits per heavy atom. The van der Waals surface area contributed by atoms with Crippen molar-refractivity contribution < 1.29 is 0 Å². The molecule has 0 bridgehead atoms. The molecule has 0 saturated carbocycles. The van der Waals surface area contributed by atoms with Crippen molar-refractivity contribution in [2.45, 2.75) is 6.54 Å². The third-order valence-electron chi connectivity index (χ3n) is 4.03. The van der Waals surface area contributed by atoms with Crippen LogP contribution in [0.3, 0.4) is 0 Å². The molecule has 0 spiro atoms. The van der Waals surface area contributed by atoms with E-state index >= 15 is 0 Å². The Labute approximate surface area is 161 Å². The fourth-order valence-electron chi connectivity index (χ4n) is 2.61. The SMILES string of the molecule is Clc1cc(/C=C/c2ccc(Cl)cc2Br)cc(CNCC2CNC2)c1. The summed E-state index contributed by atoms with van der Waals surface area (Å²) in [5.41, 5.74) is 3.37. The van der Waals surface area contributed by atoms with Gasteiger partial charge in [-0.1, -0.05) is 63.4 Å². The molecule has 1 aliphatic heterocycles. The van der Waals surface area contributed by atoms with E-state index in [0.29, 0.717) is 0 Å². The molecule has 0 radical (unpaired) electrons.